The third-order valence-electron chi connectivity index (χ3n) is 2.97. The molecule has 0 spiro atoms. The van der Waals surface area contributed by atoms with Crippen LogP contribution in [0.5, 0.6) is 0 Å². The van der Waals surface area contributed by atoms with E-state index in [4.69, 9.17) is 0 Å². The number of hydrogen-bond acceptors (Lipinski definition) is 2. The van der Waals surface area contributed by atoms with Gasteiger partial charge in [-0.3, -0.25) is 4.99 Å². The van der Waals surface area contributed by atoms with Gasteiger partial charge in [0.15, 0.2) is 5.96 Å². The number of nitrogens with one attached hydrogen (secondary N) is 2. The van der Waals surface area contributed by atoms with Crippen LogP contribution >= 0.6 is 35.3 Å². The molecule has 20 heavy (non-hydrogen) atoms. The quantitative estimate of drug-likeness (QED) is 0.434. The molecule has 0 fully saturated rings. The van der Waals surface area contributed by atoms with E-state index in [1.165, 1.54) is 12.0 Å². The minimum atomic E-state index is 0. The van der Waals surface area contributed by atoms with Crippen molar-refractivity contribution in [1.29, 1.82) is 0 Å². The average molecular weight is 409 g/mol. The first-order chi connectivity index (χ1) is 8.90. The zero-order chi connectivity index (χ0) is 14.3. The van der Waals surface area contributed by atoms with Crippen LogP contribution < -0.4 is 10.6 Å². The van der Waals surface area contributed by atoms with E-state index in [-0.39, 0.29) is 24.0 Å². The van der Waals surface area contributed by atoms with Crippen molar-refractivity contribution in [2.75, 3.05) is 7.05 Å². The van der Waals surface area contributed by atoms with Crippen molar-refractivity contribution < 1.29 is 0 Å². The minimum absolute atomic E-state index is 0. The van der Waals surface area contributed by atoms with Crippen LogP contribution in [-0.2, 0) is 6.54 Å². The molecule has 1 atom stereocenters. The van der Waals surface area contributed by atoms with E-state index in [9.17, 15) is 0 Å². The highest BCUT2D eigenvalue weighted by Gasteiger charge is 2.13. The highest BCUT2D eigenvalue weighted by atomic mass is 127. The average Bonchev–Trinajstić information content (AvgIpc) is 2.84. The molecule has 0 saturated heterocycles. The van der Waals surface area contributed by atoms with Crippen LogP contribution in [0.1, 0.15) is 46.1 Å². The summed E-state index contributed by atoms with van der Waals surface area (Å²) in [6.45, 7) is 9.88. The summed E-state index contributed by atoms with van der Waals surface area (Å²) in [7, 11) is 1.82. The Bertz CT molecular complexity index is 382. The molecular weight excluding hydrogens is 381 g/mol. The molecule has 0 aliphatic rings. The first kappa shape index (κ1) is 19.7. The first-order valence-corrected chi connectivity index (χ1v) is 7.83. The van der Waals surface area contributed by atoms with Gasteiger partial charge in [-0.2, -0.15) is 11.3 Å². The third kappa shape index (κ3) is 8.79. The lowest BCUT2D eigenvalue weighted by atomic mass is 9.89. The summed E-state index contributed by atoms with van der Waals surface area (Å²) in [5, 5.41) is 11.0. The van der Waals surface area contributed by atoms with Gasteiger partial charge in [-0.05, 0) is 47.6 Å². The van der Waals surface area contributed by atoms with Gasteiger partial charge < -0.3 is 10.6 Å². The summed E-state index contributed by atoms with van der Waals surface area (Å²) in [5.74, 6) is 0.882. The van der Waals surface area contributed by atoms with Crippen molar-refractivity contribution >= 4 is 41.3 Å². The zero-order valence-corrected chi connectivity index (χ0v) is 16.3. The second-order valence-corrected chi connectivity index (χ2v) is 6.98. The van der Waals surface area contributed by atoms with Crippen LogP contribution in [0.2, 0.25) is 0 Å². The van der Waals surface area contributed by atoms with Crippen LogP contribution in [0.25, 0.3) is 0 Å². The predicted molar refractivity (Wildman–Crippen MR) is 101 cm³/mol. The standard InChI is InChI=1S/C15H27N3S.HI/c1-12(6-8-15(2,3)4)18-14(16-5)17-10-13-7-9-19-11-13;/h7,9,11-12H,6,8,10H2,1-5H3,(H2,16,17,18);1H. The summed E-state index contributed by atoms with van der Waals surface area (Å²) in [4.78, 5) is 4.27. The lowest BCUT2D eigenvalue weighted by molar-refractivity contribution is 0.346. The molecule has 2 N–H and O–H groups in total. The highest BCUT2D eigenvalue weighted by Crippen LogP contribution is 2.21. The number of rotatable bonds is 5. The highest BCUT2D eigenvalue weighted by molar-refractivity contribution is 14.0. The normalized spacial score (nSPS) is 13.6. The van der Waals surface area contributed by atoms with Gasteiger partial charge in [0.05, 0.1) is 0 Å². The molecule has 116 valence electrons. The Labute approximate surface area is 144 Å². The molecule has 3 nitrogen and oxygen atoms in total. The molecule has 1 rings (SSSR count). The van der Waals surface area contributed by atoms with E-state index in [2.05, 4.69) is 60.1 Å². The molecular formula is C15H28IN3S. The molecule has 0 aromatic carbocycles. The molecule has 1 aromatic rings. The van der Waals surface area contributed by atoms with Gasteiger partial charge in [-0.1, -0.05) is 20.8 Å². The topological polar surface area (TPSA) is 36.4 Å². The van der Waals surface area contributed by atoms with E-state index in [0.717, 1.165) is 18.9 Å². The Kier molecular flexibility index (Phi) is 9.46. The van der Waals surface area contributed by atoms with Crippen molar-refractivity contribution in [2.45, 2.75) is 53.1 Å². The van der Waals surface area contributed by atoms with Crippen LogP contribution in [0.4, 0.5) is 0 Å². The van der Waals surface area contributed by atoms with Gasteiger partial charge in [-0.25, -0.2) is 0 Å². The molecule has 5 heteroatoms. The second-order valence-electron chi connectivity index (χ2n) is 6.20. The third-order valence-corrected chi connectivity index (χ3v) is 3.71. The van der Waals surface area contributed by atoms with Crippen molar-refractivity contribution in [3.8, 4) is 0 Å². The van der Waals surface area contributed by atoms with Crippen molar-refractivity contribution in [1.82, 2.24) is 10.6 Å². The minimum Gasteiger partial charge on any atom is -0.354 e. The molecule has 0 aliphatic heterocycles. The smallest absolute Gasteiger partial charge is 0.191 e. The largest absolute Gasteiger partial charge is 0.354 e. The SMILES string of the molecule is CN=C(NCc1ccsc1)NC(C)CCC(C)(C)C.I. The number of nitrogens with zero attached hydrogens (tertiary/aromatic N) is 1. The fourth-order valence-corrected chi connectivity index (χ4v) is 2.40. The fourth-order valence-electron chi connectivity index (χ4n) is 1.73. The summed E-state index contributed by atoms with van der Waals surface area (Å²) in [6, 6.07) is 2.57. The number of aliphatic imine (C=N–C) groups is 1. The Morgan fingerprint density at radius 1 is 1.40 bits per heavy atom. The van der Waals surface area contributed by atoms with Crippen molar-refractivity contribution in [2.24, 2.45) is 10.4 Å². The molecule has 1 heterocycles. The van der Waals surface area contributed by atoms with Crippen LogP contribution in [0.3, 0.4) is 0 Å². The summed E-state index contributed by atoms with van der Waals surface area (Å²) in [5.41, 5.74) is 1.69. The fraction of sp³-hybridized carbons (Fsp3) is 0.667. The number of thiophene rings is 1. The Balaban J connectivity index is 0.00000361. The monoisotopic (exact) mass is 409 g/mol. The molecule has 1 unspecified atom stereocenters. The molecule has 0 bridgehead atoms. The number of halogens is 1. The maximum atomic E-state index is 4.27. The van der Waals surface area contributed by atoms with E-state index < -0.39 is 0 Å². The van der Waals surface area contributed by atoms with Crippen LogP contribution in [-0.4, -0.2) is 19.0 Å². The molecule has 0 radical (unpaired) electrons. The van der Waals surface area contributed by atoms with Crippen LogP contribution in [0, 0.1) is 5.41 Å². The predicted octanol–water partition coefficient (Wildman–Crippen LogP) is 4.25. The summed E-state index contributed by atoms with van der Waals surface area (Å²) in [6.07, 6.45) is 2.37. The number of guanidine groups is 1. The maximum absolute atomic E-state index is 4.27. The maximum Gasteiger partial charge on any atom is 0.191 e. The van der Waals surface area contributed by atoms with E-state index >= 15 is 0 Å². The van der Waals surface area contributed by atoms with Gasteiger partial charge in [0.25, 0.3) is 0 Å². The van der Waals surface area contributed by atoms with Gasteiger partial charge in [0.2, 0.25) is 0 Å². The molecule has 0 saturated carbocycles. The zero-order valence-electron chi connectivity index (χ0n) is 13.2. The van der Waals surface area contributed by atoms with Crippen LogP contribution in [0.15, 0.2) is 21.8 Å². The number of hydrogen-bond donors (Lipinski definition) is 2. The first-order valence-electron chi connectivity index (χ1n) is 6.89. The molecule has 0 aliphatic carbocycles. The summed E-state index contributed by atoms with van der Waals surface area (Å²) < 4.78 is 0. The van der Waals surface area contributed by atoms with E-state index in [0.29, 0.717) is 11.5 Å². The Hall–Kier alpha value is -0.300. The van der Waals surface area contributed by atoms with Gasteiger partial charge >= 0.3 is 0 Å². The molecule has 0 amide bonds. The van der Waals surface area contributed by atoms with Gasteiger partial charge in [0.1, 0.15) is 0 Å². The summed E-state index contributed by atoms with van der Waals surface area (Å²) >= 11 is 1.72. The Morgan fingerprint density at radius 3 is 2.60 bits per heavy atom. The molecule has 1 aromatic heterocycles. The van der Waals surface area contributed by atoms with Gasteiger partial charge in [-0.15, -0.1) is 24.0 Å². The van der Waals surface area contributed by atoms with E-state index in [1.54, 1.807) is 11.3 Å². The Morgan fingerprint density at radius 2 is 2.10 bits per heavy atom. The van der Waals surface area contributed by atoms with E-state index in [1.807, 2.05) is 7.05 Å². The lowest BCUT2D eigenvalue weighted by Gasteiger charge is -2.23. The van der Waals surface area contributed by atoms with Crippen molar-refractivity contribution in [3.05, 3.63) is 22.4 Å². The van der Waals surface area contributed by atoms with Gasteiger partial charge in [0, 0.05) is 19.6 Å². The lowest BCUT2D eigenvalue weighted by Crippen LogP contribution is -2.42. The second kappa shape index (κ2) is 9.60. The van der Waals surface area contributed by atoms with Crippen molar-refractivity contribution in [3.63, 3.8) is 0 Å².